The average molecular weight is 273 g/mol. The van der Waals surface area contributed by atoms with Gasteiger partial charge in [0, 0.05) is 7.05 Å². The van der Waals surface area contributed by atoms with Gasteiger partial charge in [0.25, 0.3) is 7.75 Å². The largest absolute Gasteiger partial charge is 1.00 e. The van der Waals surface area contributed by atoms with E-state index in [4.69, 9.17) is 10.6 Å². The fraction of sp³-hybridized carbons (Fsp3) is 0.500. The molecular weight excluding hydrogens is 263 g/mol. The van der Waals surface area contributed by atoms with Crippen LogP contribution in [0.4, 0.5) is 0 Å². The molecule has 0 aromatic carbocycles. The van der Waals surface area contributed by atoms with Gasteiger partial charge in [0.15, 0.2) is 5.96 Å². The van der Waals surface area contributed by atoms with Gasteiger partial charge in [0.2, 0.25) is 0 Å². The van der Waals surface area contributed by atoms with Crippen molar-refractivity contribution in [3.05, 3.63) is 0 Å². The molecule has 0 saturated heterocycles. The normalized spacial score (nSPS) is 13.3. The Labute approximate surface area is 136 Å². The molecule has 0 amide bonds. The molecule has 0 aromatic rings. The van der Waals surface area contributed by atoms with Crippen molar-refractivity contribution in [1.82, 2.24) is 4.90 Å². The van der Waals surface area contributed by atoms with E-state index in [1.165, 1.54) is 7.05 Å². The van der Waals surface area contributed by atoms with E-state index in [2.05, 4.69) is 4.76 Å². The second-order valence-corrected chi connectivity index (χ2v) is 3.36. The first-order chi connectivity index (χ1) is 5.72. The van der Waals surface area contributed by atoms with E-state index < -0.39 is 26.2 Å². The average Bonchev–Trinajstić information content (AvgIpc) is 1.81. The number of nitrogens with two attached hydrogens (primary N) is 1. The molecule has 5 N–H and O–H groups in total. The van der Waals surface area contributed by atoms with Crippen LogP contribution in [-0.4, -0.2) is 40.8 Å². The maximum Gasteiger partial charge on any atom is 1.00 e. The van der Waals surface area contributed by atoms with Crippen LogP contribution in [0.2, 0.25) is 0 Å². The predicted molar refractivity (Wildman–Crippen MR) is 42.7 cm³/mol. The summed E-state index contributed by atoms with van der Waals surface area (Å²) in [6, 6.07) is 0. The van der Waals surface area contributed by atoms with Crippen LogP contribution >= 0.6 is 7.75 Å². The molecule has 1 atom stereocenters. The Morgan fingerprint density at radius 2 is 1.94 bits per heavy atom. The van der Waals surface area contributed by atoms with Crippen molar-refractivity contribution in [2.45, 2.75) is 0 Å². The number of aliphatic carboxylic acids is 1. The number of guanidine groups is 1. The molecule has 0 spiro atoms. The molecule has 0 aliphatic heterocycles. The van der Waals surface area contributed by atoms with Gasteiger partial charge in [-0.15, -0.1) is 0 Å². The Kier molecular flexibility index (Phi) is 17.6. The fourth-order valence-electron chi connectivity index (χ4n) is 0.480. The molecule has 12 heteroatoms. The summed E-state index contributed by atoms with van der Waals surface area (Å²) in [6.07, 6.45) is 0. The van der Waals surface area contributed by atoms with E-state index in [-0.39, 0.29) is 64.6 Å². The standard InChI is InChI=1S/C4H10N3O5P.2Na.H2O/c1-7(2-3(8)9)4(5)6-13(10,11)12;;;/h2H2,1H3,(H,8,9)(H4,5,6,10,11,12);;;1H2/q;2*+1;/p-2. The maximum atomic E-state index is 10.2. The molecule has 0 aromatic heterocycles. The monoisotopic (exact) mass is 273 g/mol. The third-order valence-electron chi connectivity index (χ3n) is 0.986. The van der Waals surface area contributed by atoms with E-state index in [1.54, 1.807) is 0 Å². The maximum absolute atomic E-state index is 10.2. The van der Waals surface area contributed by atoms with Crippen LogP contribution in [-0.2, 0) is 9.36 Å². The molecule has 9 nitrogen and oxygen atoms in total. The Hall–Kier alpha value is 0.850. The Morgan fingerprint density at radius 3 is 2.19 bits per heavy atom. The molecule has 0 fully saturated rings. The second kappa shape index (κ2) is 11.0. The number of hydrogen-bond acceptors (Lipinski definition) is 4. The molecule has 0 radical (unpaired) electrons. The summed E-state index contributed by atoms with van der Waals surface area (Å²) in [4.78, 5) is 29.2. The van der Waals surface area contributed by atoms with Gasteiger partial charge in [-0.3, -0.25) is 4.57 Å². The molecule has 0 aliphatic rings. The van der Waals surface area contributed by atoms with Crippen LogP contribution in [0.15, 0.2) is 4.76 Å². The summed E-state index contributed by atoms with van der Waals surface area (Å²) in [7, 11) is -3.68. The zero-order chi connectivity index (χ0) is 10.6. The zero-order valence-corrected chi connectivity index (χ0v) is 14.1. The minimum absolute atomic E-state index is 0. The van der Waals surface area contributed by atoms with Crippen LogP contribution in [0.3, 0.4) is 0 Å². The van der Waals surface area contributed by atoms with E-state index in [0.717, 1.165) is 4.90 Å². The summed E-state index contributed by atoms with van der Waals surface area (Å²) in [5.74, 6) is -2.07. The van der Waals surface area contributed by atoms with Crippen LogP contribution < -0.4 is 74.8 Å². The Balaban J connectivity index is -0.000000240. The third kappa shape index (κ3) is 14.9. The van der Waals surface area contributed by atoms with E-state index in [0.29, 0.717) is 0 Å². The quantitative estimate of drug-likeness (QED) is 0.222. The molecule has 0 saturated carbocycles. The summed E-state index contributed by atoms with van der Waals surface area (Å²) in [5, 5.41) is 10.0. The molecular formula is C4H10N3Na2O6P. The molecule has 0 rings (SSSR count). The van der Waals surface area contributed by atoms with Gasteiger partial charge < -0.3 is 35.8 Å². The second-order valence-electron chi connectivity index (χ2n) is 2.18. The van der Waals surface area contributed by atoms with Gasteiger partial charge in [-0.2, -0.15) is 4.76 Å². The number of carboxylic acid groups (broad SMARTS) is 1. The van der Waals surface area contributed by atoms with Gasteiger partial charge >= 0.3 is 59.1 Å². The fourth-order valence-corrected chi connectivity index (χ4v) is 0.892. The van der Waals surface area contributed by atoms with E-state index in [9.17, 15) is 19.4 Å². The molecule has 16 heavy (non-hydrogen) atoms. The van der Waals surface area contributed by atoms with Gasteiger partial charge in [-0.1, -0.05) is 0 Å². The first-order valence-electron chi connectivity index (χ1n) is 3.03. The van der Waals surface area contributed by atoms with Crippen LogP contribution in [0.5, 0.6) is 0 Å². The SMILES string of the molecule is CN(CC(=O)[O-])C(N)=NP(=O)([O-])O.O.[Na+].[Na+]. The van der Waals surface area contributed by atoms with Crippen molar-refractivity contribution in [2.75, 3.05) is 13.6 Å². The number of likely N-dealkylation sites (N-methyl/N-ethyl adjacent to an activating group) is 1. The van der Waals surface area contributed by atoms with E-state index in [1.807, 2.05) is 0 Å². The van der Waals surface area contributed by atoms with Crippen molar-refractivity contribution in [3.63, 3.8) is 0 Å². The topological polar surface area (TPSA) is 174 Å². The van der Waals surface area contributed by atoms with Crippen molar-refractivity contribution in [3.8, 4) is 0 Å². The zero-order valence-electron chi connectivity index (χ0n) is 9.21. The van der Waals surface area contributed by atoms with Crippen molar-refractivity contribution < 1.29 is 88.8 Å². The molecule has 0 heterocycles. The number of carboxylic acids is 1. The first kappa shape index (κ1) is 25.6. The van der Waals surface area contributed by atoms with Crippen LogP contribution in [0.25, 0.3) is 0 Å². The summed E-state index contributed by atoms with van der Waals surface area (Å²) in [5.41, 5.74) is 5.00. The first-order valence-corrected chi connectivity index (χ1v) is 4.56. The summed E-state index contributed by atoms with van der Waals surface area (Å²) < 4.78 is 12.8. The van der Waals surface area contributed by atoms with Crippen molar-refractivity contribution in [1.29, 1.82) is 0 Å². The van der Waals surface area contributed by atoms with Gasteiger partial charge in [0.05, 0.1) is 12.5 Å². The smallest absolute Gasteiger partial charge is 0.760 e. The summed E-state index contributed by atoms with van der Waals surface area (Å²) in [6.45, 7) is -0.616. The van der Waals surface area contributed by atoms with Crippen molar-refractivity contribution >= 4 is 19.7 Å². The van der Waals surface area contributed by atoms with Crippen LogP contribution in [0, 0.1) is 0 Å². The predicted octanol–water partition coefficient (Wildman–Crippen LogP) is -10.4. The third-order valence-corrected chi connectivity index (χ3v) is 1.44. The minimum atomic E-state index is -4.86. The Bertz CT molecular complexity index is 281. The van der Waals surface area contributed by atoms with Crippen LogP contribution in [0.1, 0.15) is 0 Å². The van der Waals surface area contributed by atoms with Crippen molar-refractivity contribution in [2.24, 2.45) is 10.5 Å². The molecule has 1 unspecified atom stereocenters. The number of rotatable bonds is 3. The molecule has 84 valence electrons. The number of carbonyl (C=O) groups excluding carboxylic acids is 1. The van der Waals surface area contributed by atoms with Gasteiger partial charge in [-0.25, -0.2) is 0 Å². The Morgan fingerprint density at radius 1 is 1.56 bits per heavy atom. The number of carbonyl (C=O) groups is 1. The minimum Gasteiger partial charge on any atom is -0.760 e. The molecule has 0 bridgehead atoms. The van der Waals surface area contributed by atoms with Gasteiger partial charge in [0.1, 0.15) is 0 Å². The van der Waals surface area contributed by atoms with E-state index >= 15 is 0 Å². The van der Waals surface area contributed by atoms with Gasteiger partial charge in [-0.05, 0) is 0 Å². The number of hydrogen-bond donors (Lipinski definition) is 2. The summed E-state index contributed by atoms with van der Waals surface area (Å²) >= 11 is 0. The number of nitrogens with zero attached hydrogens (tertiary/aromatic N) is 2. The molecule has 0 aliphatic carbocycles.